The number of ether oxygens (including phenoxy) is 2. The van der Waals surface area contributed by atoms with Crippen molar-refractivity contribution >= 4 is 5.97 Å². The molecule has 1 aromatic carbocycles. The van der Waals surface area contributed by atoms with Crippen LogP contribution in [0.1, 0.15) is 25.0 Å². The van der Waals surface area contributed by atoms with Crippen molar-refractivity contribution in [3.63, 3.8) is 0 Å². The van der Waals surface area contributed by atoms with Crippen molar-refractivity contribution in [2.45, 2.75) is 33.3 Å². The van der Waals surface area contributed by atoms with E-state index in [4.69, 9.17) is 14.6 Å². The van der Waals surface area contributed by atoms with Gasteiger partial charge in [0.2, 0.25) is 0 Å². The highest BCUT2D eigenvalue weighted by atomic mass is 16.5. The van der Waals surface area contributed by atoms with Gasteiger partial charge in [-0.1, -0.05) is 0 Å². The minimum atomic E-state index is -1.26. The molecule has 0 unspecified atom stereocenters. The number of nitrogens with one attached hydrogen (secondary N) is 1. The highest BCUT2D eigenvalue weighted by molar-refractivity contribution is 5.76. The summed E-state index contributed by atoms with van der Waals surface area (Å²) in [5.41, 5.74) is 0.512. The third-order valence-electron chi connectivity index (χ3n) is 2.96. The van der Waals surface area contributed by atoms with Gasteiger partial charge in [-0.15, -0.1) is 0 Å². The highest BCUT2D eigenvalue weighted by Crippen LogP contribution is 2.30. The van der Waals surface area contributed by atoms with Gasteiger partial charge >= 0.3 is 5.97 Å². The van der Waals surface area contributed by atoms with Crippen LogP contribution < -0.4 is 14.8 Å². The van der Waals surface area contributed by atoms with Gasteiger partial charge in [0.15, 0.2) is 5.60 Å². The van der Waals surface area contributed by atoms with Crippen molar-refractivity contribution < 1.29 is 19.4 Å². The van der Waals surface area contributed by atoms with Crippen molar-refractivity contribution in [3.05, 3.63) is 23.3 Å². The number of likely N-dealkylation sites (N-methyl/N-ethyl adjacent to an activating group) is 1. The van der Waals surface area contributed by atoms with Gasteiger partial charge in [-0.05, 0) is 58.0 Å². The zero-order chi connectivity index (χ0) is 15.3. The number of carboxylic acid groups (broad SMARTS) is 1. The van der Waals surface area contributed by atoms with E-state index in [0.29, 0.717) is 12.4 Å². The summed E-state index contributed by atoms with van der Waals surface area (Å²) in [7, 11) is 1.87. The lowest BCUT2D eigenvalue weighted by Crippen LogP contribution is -2.38. The van der Waals surface area contributed by atoms with E-state index < -0.39 is 11.6 Å². The Kier molecular flexibility index (Phi) is 5.39. The minimum absolute atomic E-state index is 0.566. The fourth-order valence-corrected chi connectivity index (χ4v) is 1.61. The molecule has 0 fully saturated rings. The average molecular weight is 281 g/mol. The van der Waals surface area contributed by atoms with Crippen LogP contribution in [-0.2, 0) is 4.79 Å². The standard InChI is InChI=1S/C15H23NO4/c1-10-9-13(20-15(3,4)14(17)18)11(2)8-12(10)19-7-6-16-5/h8-9,16H,6-7H2,1-5H3,(H,17,18). The lowest BCUT2D eigenvalue weighted by Gasteiger charge is -2.23. The Morgan fingerprint density at radius 3 is 2.35 bits per heavy atom. The molecular formula is C15H23NO4. The number of carboxylic acids is 1. The Labute approximate surface area is 119 Å². The Bertz CT molecular complexity index is 483. The molecule has 1 aromatic rings. The van der Waals surface area contributed by atoms with Crippen molar-refractivity contribution in [3.8, 4) is 11.5 Å². The summed E-state index contributed by atoms with van der Waals surface area (Å²) in [5, 5.41) is 12.1. The molecule has 0 atom stereocenters. The maximum Gasteiger partial charge on any atom is 0.347 e. The number of benzene rings is 1. The summed E-state index contributed by atoms with van der Waals surface area (Å²) in [6.07, 6.45) is 0. The van der Waals surface area contributed by atoms with Gasteiger partial charge in [0.25, 0.3) is 0 Å². The third-order valence-corrected chi connectivity index (χ3v) is 2.96. The van der Waals surface area contributed by atoms with Crippen LogP contribution in [-0.4, -0.2) is 36.9 Å². The second-order valence-electron chi connectivity index (χ2n) is 5.25. The van der Waals surface area contributed by atoms with E-state index in [1.165, 1.54) is 13.8 Å². The molecule has 0 saturated heterocycles. The van der Waals surface area contributed by atoms with E-state index in [1.807, 2.05) is 33.0 Å². The smallest absolute Gasteiger partial charge is 0.347 e. The van der Waals surface area contributed by atoms with Crippen molar-refractivity contribution in [1.29, 1.82) is 0 Å². The van der Waals surface area contributed by atoms with Crippen LogP contribution in [0.15, 0.2) is 12.1 Å². The van der Waals surface area contributed by atoms with Gasteiger partial charge in [-0.3, -0.25) is 0 Å². The highest BCUT2D eigenvalue weighted by Gasteiger charge is 2.30. The number of carbonyl (C=O) groups is 1. The summed E-state index contributed by atoms with van der Waals surface area (Å²) in [5.74, 6) is 0.359. The molecule has 0 heterocycles. The molecule has 0 aliphatic heterocycles. The maximum absolute atomic E-state index is 11.1. The number of rotatable bonds is 7. The van der Waals surface area contributed by atoms with Crippen molar-refractivity contribution in [2.75, 3.05) is 20.2 Å². The lowest BCUT2D eigenvalue weighted by atomic mass is 10.1. The van der Waals surface area contributed by atoms with Gasteiger partial charge in [0.1, 0.15) is 18.1 Å². The second kappa shape index (κ2) is 6.61. The summed E-state index contributed by atoms with van der Waals surface area (Å²) >= 11 is 0. The minimum Gasteiger partial charge on any atom is -0.492 e. The SMILES string of the molecule is CNCCOc1cc(C)c(OC(C)(C)C(=O)O)cc1C. The van der Waals surface area contributed by atoms with Gasteiger partial charge in [0.05, 0.1) is 0 Å². The van der Waals surface area contributed by atoms with Gasteiger partial charge in [-0.2, -0.15) is 0 Å². The molecule has 5 nitrogen and oxygen atoms in total. The molecule has 20 heavy (non-hydrogen) atoms. The van der Waals surface area contributed by atoms with E-state index >= 15 is 0 Å². The molecule has 0 aliphatic carbocycles. The molecule has 1 rings (SSSR count). The number of aliphatic carboxylic acids is 1. The van der Waals surface area contributed by atoms with Gasteiger partial charge in [-0.25, -0.2) is 4.79 Å². The predicted octanol–water partition coefficient (Wildman–Crippen LogP) is 2.14. The third kappa shape index (κ3) is 4.13. The van der Waals surface area contributed by atoms with E-state index in [1.54, 1.807) is 0 Å². The van der Waals surface area contributed by atoms with Crippen LogP contribution >= 0.6 is 0 Å². The Morgan fingerprint density at radius 1 is 1.25 bits per heavy atom. The molecule has 0 spiro atoms. The quantitative estimate of drug-likeness (QED) is 0.750. The average Bonchev–Trinajstić information content (AvgIpc) is 2.34. The first-order valence-corrected chi connectivity index (χ1v) is 6.59. The second-order valence-corrected chi connectivity index (χ2v) is 5.25. The van der Waals surface area contributed by atoms with Gasteiger partial charge < -0.3 is 19.9 Å². The summed E-state index contributed by atoms with van der Waals surface area (Å²) in [6, 6.07) is 3.69. The molecule has 0 bridgehead atoms. The molecule has 5 heteroatoms. The van der Waals surface area contributed by atoms with E-state index in [-0.39, 0.29) is 0 Å². The molecule has 0 radical (unpaired) electrons. The largest absolute Gasteiger partial charge is 0.492 e. The van der Waals surface area contributed by atoms with Crippen LogP contribution in [0.2, 0.25) is 0 Å². The van der Waals surface area contributed by atoms with Crippen LogP contribution in [0, 0.1) is 13.8 Å². The molecule has 0 aromatic heterocycles. The van der Waals surface area contributed by atoms with E-state index in [0.717, 1.165) is 23.4 Å². The van der Waals surface area contributed by atoms with Crippen molar-refractivity contribution in [1.82, 2.24) is 5.32 Å². The predicted molar refractivity (Wildman–Crippen MR) is 77.7 cm³/mol. The number of hydrogen-bond acceptors (Lipinski definition) is 4. The molecule has 112 valence electrons. The molecular weight excluding hydrogens is 258 g/mol. The number of hydrogen-bond donors (Lipinski definition) is 2. The Morgan fingerprint density at radius 2 is 1.80 bits per heavy atom. The molecule has 2 N–H and O–H groups in total. The summed E-state index contributed by atoms with van der Waals surface area (Å²) < 4.78 is 11.2. The van der Waals surface area contributed by atoms with Crippen LogP contribution in [0.5, 0.6) is 11.5 Å². The Balaban J connectivity index is 2.91. The molecule has 0 aliphatic rings. The fourth-order valence-electron chi connectivity index (χ4n) is 1.61. The monoisotopic (exact) mass is 281 g/mol. The van der Waals surface area contributed by atoms with Crippen LogP contribution in [0.25, 0.3) is 0 Å². The van der Waals surface area contributed by atoms with Crippen LogP contribution in [0.3, 0.4) is 0 Å². The fraction of sp³-hybridized carbons (Fsp3) is 0.533. The zero-order valence-electron chi connectivity index (χ0n) is 12.7. The number of aryl methyl sites for hydroxylation is 2. The molecule has 0 saturated carbocycles. The normalized spacial score (nSPS) is 11.2. The van der Waals surface area contributed by atoms with Gasteiger partial charge in [0, 0.05) is 6.54 Å². The first-order valence-electron chi connectivity index (χ1n) is 6.59. The molecule has 0 amide bonds. The Hall–Kier alpha value is -1.75. The lowest BCUT2D eigenvalue weighted by molar-refractivity contribution is -0.152. The maximum atomic E-state index is 11.1. The first kappa shape index (κ1) is 16.3. The first-order chi connectivity index (χ1) is 9.27. The summed E-state index contributed by atoms with van der Waals surface area (Å²) in [4.78, 5) is 11.1. The van der Waals surface area contributed by atoms with E-state index in [2.05, 4.69) is 5.32 Å². The van der Waals surface area contributed by atoms with E-state index in [9.17, 15) is 4.79 Å². The van der Waals surface area contributed by atoms with Crippen molar-refractivity contribution in [2.24, 2.45) is 0 Å². The topological polar surface area (TPSA) is 67.8 Å². The zero-order valence-corrected chi connectivity index (χ0v) is 12.7. The van der Waals surface area contributed by atoms with Crippen LogP contribution in [0.4, 0.5) is 0 Å². The summed E-state index contributed by atoms with van der Waals surface area (Å²) in [6.45, 7) is 8.19.